The Bertz CT molecular complexity index is 862. The van der Waals surface area contributed by atoms with Gasteiger partial charge in [-0.15, -0.1) is 0 Å². The molecule has 2 aliphatic heterocycles. The number of amides is 1. The van der Waals surface area contributed by atoms with Crippen molar-refractivity contribution in [3.05, 3.63) is 47.9 Å². The van der Waals surface area contributed by atoms with E-state index in [1.54, 1.807) is 30.5 Å². The van der Waals surface area contributed by atoms with E-state index in [1.807, 2.05) is 6.07 Å². The molecule has 8 heteroatoms. The zero-order valence-corrected chi connectivity index (χ0v) is 14.7. The number of nitriles is 1. The number of nitrogens with zero attached hydrogens (tertiary/aromatic N) is 4. The van der Waals surface area contributed by atoms with Gasteiger partial charge in [-0.2, -0.15) is 5.26 Å². The van der Waals surface area contributed by atoms with E-state index in [4.69, 9.17) is 14.7 Å². The smallest absolute Gasteiger partial charge is 0.275 e. The summed E-state index contributed by atoms with van der Waals surface area (Å²) in [5, 5.41) is 11.8. The van der Waals surface area contributed by atoms with Crippen LogP contribution in [0, 0.1) is 11.3 Å². The Morgan fingerprint density at radius 3 is 2.56 bits per heavy atom. The molecule has 1 aromatic heterocycles. The van der Waals surface area contributed by atoms with Gasteiger partial charge in [0, 0.05) is 25.9 Å². The lowest BCUT2D eigenvalue weighted by molar-refractivity contribution is -0.169. The lowest BCUT2D eigenvalue weighted by atomic mass is 10.0. The van der Waals surface area contributed by atoms with Gasteiger partial charge in [0.25, 0.3) is 5.91 Å². The van der Waals surface area contributed by atoms with Crippen molar-refractivity contribution in [1.82, 2.24) is 9.97 Å². The molecular weight excluding hydrogens is 346 g/mol. The summed E-state index contributed by atoms with van der Waals surface area (Å²) < 4.78 is 11.5. The molecule has 27 heavy (non-hydrogen) atoms. The molecule has 3 heterocycles. The fourth-order valence-electron chi connectivity index (χ4n) is 3.34. The third kappa shape index (κ3) is 3.60. The van der Waals surface area contributed by atoms with Gasteiger partial charge in [0.15, 0.2) is 5.79 Å². The van der Waals surface area contributed by atoms with Crippen molar-refractivity contribution < 1.29 is 14.3 Å². The molecule has 0 radical (unpaired) electrons. The average molecular weight is 365 g/mol. The van der Waals surface area contributed by atoms with Crippen LogP contribution >= 0.6 is 0 Å². The number of nitrogens with one attached hydrogen (secondary N) is 1. The SMILES string of the molecule is N#Cc1ccccc1NC(=O)c1cnc(N2CCC3(CC2)OCCO3)cn1. The number of ether oxygens (including phenoxy) is 2. The first kappa shape index (κ1) is 17.4. The summed E-state index contributed by atoms with van der Waals surface area (Å²) in [6.07, 6.45) is 4.61. The fraction of sp³-hybridized carbons (Fsp3) is 0.368. The molecule has 0 aliphatic carbocycles. The van der Waals surface area contributed by atoms with Crippen LogP contribution in [0.2, 0.25) is 0 Å². The predicted octanol–water partition coefficient (Wildman–Crippen LogP) is 1.94. The summed E-state index contributed by atoms with van der Waals surface area (Å²) in [7, 11) is 0. The number of para-hydroxylation sites is 1. The van der Waals surface area contributed by atoms with Crippen LogP contribution in [0.3, 0.4) is 0 Å². The standard InChI is InChI=1S/C19H19N5O3/c20-11-14-3-1-2-4-15(14)23-18(25)16-12-22-17(13-21-16)24-7-5-19(6-8-24)26-9-10-27-19/h1-4,12-13H,5-10H2,(H,23,25). The van der Waals surface area contributed by atoms with Gasteiger partial charge in [0.05, 0.1) is 36.9 Å². The highest BCUT2D eigenvalue weighted by Crippen LogP contribution is 2.32. The Labute approximate surface area is 156 Å². The molecule has 0 atom stereocenters. The van der Waals surface area contributed by atoms with Crippen LogP contribution in [0.15, 0.2) is 36.7 Å². The highest BCUT2D eigenvalue weighted by molar-refractivity contribution is 6.03. The molecule has 2 aliphatic rings. The Balaban J connectivity index is 1.40. The minimum atomic E-state index is -0.433. The molecule has 138 valence electrons. The molecule has 1 N–H and O–H groups in total. The molecule has 0 saturated carbocycles. The van der Waals surface area contributed by atoms with Crippen LogP contribution in [0.1, 0.15) is 28.9 Å². The molecule has 2 fully saturated rings. The second-order valence-electron chi connectivity index (χ2n) is 6.47. The molecule has 0 bridgehead atoms. The van der Waals surface area contributed by atoms with Crippen molar-refractivity contribution in [2.24, 2.45) is 0 Å². The van der Waals surface area contributed by atoms with Crippen molar-refractivity contribution in [3.8, 4) is 6.07 Å². The summed E-state index contributed by atoms with van der Waals surface area (Å²) in [6, 6.07) is 8.87. The Morgan fingerprint density at radius 1 is 1.15 bits per heavy atom. The monoisotopic (exact) mass is 365 g/mol. The van der Waals surface area contributed by atoms with Crippen LogP contribution in [-0.4, -0.2) is 48.0 Å². The topological polar surface area (TPSA) is 100 Å². The van der Waals surface area contributed by atoms with E-state index in [0.717, 1.165) is 31.7 Å². The molecular formula is C19H19N5O3. The molecule has 2 aromatic rings. The van der Waals surface area contributed by atoms with Gasteiger partial charge in [-0.25, -0.2) is 9.97 Å². The highest BCUT2D eigenvalue weighted by Gasteiger charge is 2.40. The first-order valence-corrected chi connectivity index (χ1v) is 8.84. The molecule has 2 saturated heterocycles. The Hall–Kier alpha value is -3.02. The van der Waals surface area contributed by atoms with Gasteiger partial charge in [0.2, 0.25) is 0 Å². The molecule has 1 amide bonds. The zero-order chi connectivity index (χ0) is 18.7. The van der Waals surface area contributed by atoms with E-state index in [0.29, 0.717) is 24.5 Å². The minimum absolute atomic E-state index is 0.197. The molecule has 4 rings (SSSR count). The summed E-state index contributed by atoms with van der Waals surface area (Å²) in [5.41, 5.74) is 1.05. The van der Waals surface area contributed by atoms with Gasteiger partial charge in [0.1, 0.15) is 17.6 Å². The maximum Gasteiger partial charge on any atom is 0.275 e. The quantitative estimate of drug-likeness (QED) is 0.887. The number of carbonyl (C=O) groups excluding carboxylic acids is 1. The van der Waals surface area contributed by atoms with Crippen LogP contribution in [0.5, 0.6) is 0 Å². The fourth-order valence-corrected chi connectivity index (χ4v) is 3.34. The lowest BCUT2D eigenvalue weighted by Crippen LogP contribution is -2.45. The Kier molecular flexibility index (Phi) is 4.71. The number of carbonyl (C=O) groups is 1. The predicted molar refractivity (Wildman–Crippen MR) is 97.2 cm³/mol. The van der Waals surface area contributed by atoms with Crippen LogP contribution in [0.4, 0.5) is 11.5 Å². The Morgan fingerprint density at radius 2 is 1.89 bits per heavy atom. The summed E-state index contributed by atoms with van der Waals surface area (Å²) in [5.74, 6) is -0.114. The summed E-state index contributed by atoms with van der Waals surface area (Å²) >= 11 is 0. The van der Waals surface area contributed by atoms with Crippen LogP contribution in [0.25, 0.3) is 0 Å². The largest absolute Gasteiger partial charge is 0.355 e. The van der Waals surface area contributed by atoms with Crippen molar-refractivity contribution >= 4 is 17.4 Å². The summed E-state index contributed by atoms with van der Waals surface area (Å²) in [4.78, 5) is 23.1. The molecule has 1 spiro atoms. The minimum Gasteiger partial charge on any atom is -0.355 e. The van der Waals surface area contributed by atoms with Gasteiger partial charge in [-0.3, -0.25) is 4.79 Å². The van der Waals surface area contributed by atoms with Crippen molar-refractivity contribution in [1.29, 1.82) is 5.26 Å². The first-order valence-electron chi connectivity index (χ1n) is 8.84. The average Bonchev–Trinajstić information content (AvgIpc) is 3.17. The van der Waals surface area contributed by atoms with E-state index in [9.17, 15) is 4.79 Å². The molecule has 8 nitrogen and oxygen atoms in total. The van der Waals surface area contributed by atoms with E-state index in [2.05, 4.69) is 20.2 Å². The number of rotatable bonds is 3. The maximum atomic E-state index is 12.4. The second-order valence-corrected chi connectivity index (χ2v) is 6.47. The number of hydrogen-bond donors (Lipinski definition) is 1. The van der Waals surface area contributed by atoms with E-state index in [-0.39, 0.29) is 5.69 Å². The number of piperidine rings is 1. The lowest BCUT2D eigenvalue weighted by Gasteiger charge is -2.37. The number of benzene rings is 1. The normalized spacial score (nSPS) is 18.3. The zero-order valence-electron chi connectivity index (χ0n) is 14.7. The third-order valence-electron chi connectivity index (χ3n) is 4.83. The second kappa shape index (κ2) is 7.31. The molecule has 1 aromatic carbocycles. The van der Waals surface area contributed by atoms with Crippen molar-refractivity contribution in [2.45, 2.75) is 18.6 Å². The van der Waals surface area contributed by atoms with Crippen LogP contribution in [-0.2, 0) is 9.47 Å². The maximum absolute atomic E-state index is 12.4. The molecule has 0 unspecified atom stereocenters. The van der Waals surface area contributed by atoms with Crippen LogP contribution < -0.4 is 10.2 Å². The van der Waals surface area contributed by atoms with Gasteiger partial charge in [-0.1, -0.05) is 12.1 Å². The van der Waals surface area contributed by atoms with Gasteiger partial charge >= 0.3 is 0 Å². The van der Waals surface area contributed by atoms with Gasteiger partial charge in [-0.05, 0) is 12.1 Å². The number of hydrogen-bond acceptors (Lipinski definition) is 7. The van der Waals surface area contributed by atoms with Crippen molar-refractivity contribution in [2.75, 3.05) is 36.5 Å². The first-order chi connectivity index (χ1) is 13.2. The highest BCUT2D eigenvalue weighted by atomic mass is 16.7. The number of anilines is 2. The van der Waals surface area contributed by atoms with E-state index < -0.39 is 11.7 Å². The summed E-state index contributed by atoms with van der Waals surface area (Å²) in [6.45, 7) is 2.82. The number of aromatic nitrogens is 2. The van der Waals surface area contributed by atoms with Gasteiger partial charge < -0.3 is 19.7 Å². The van der Waals surface area contributed by atoms with E-state index in [1.165, 1.54) is 6.20 Å². The third-order valence-corrected chi connectivity index (χ3v) is 4.83. The van der Waals surface area contributed by atoms with E-state index >= 15 is 0 Å². The van der Waals surface area contributed by atoms with Crippen molar-refractivity contribution in [3.63, 3.8) is 0 Å².